The monoisotopic (exact) mass is 498 g/mol. The first-order valence-electron chi connectivity index (χ1n) is 8.88. The third-order valence-corrected chi connectivity index (χ3v) is 5.80. The second kappa shape index (κ2) is 10.7. The Morgan fingerprint density at radius 2 is 1.94 bits per heavy atom. The molecule has 0 aliphatic heterocycles. The number of ether oxygens (including phenoxy) is 1. The summed E-state index contributed by atoms with van der Waals surface area (Å²) in [4.78, 5) is 14.4. The van der Waals surface area contributed by atoms with Crippen molar-refractivity contribution in [3.05, 3.63) is 52.3 Å². The van der Waals surface area contributed by atoms with E-state index in [2.05, 4.69) is 4.98 Å². The number of nitrogens with two attached hydrogens (primary N) is 1. The number of aromatic nitrogens is 1. The van der Waals surface area contributed by atoms with Crippen LogP contribution in [0.5, 0.6) is 11.5 Å². The van der Waals surface area contributed by atoms with Gasteiger partial charge < -0.3 is 20.7 Å². The van der Waals surface area contributed by atoms with Crippen molar-refractivity contribution in [3.63, 3.8) is 0 Å². The Kier molecular flexibility index (Phi) is 8.84. The summed E-state index contributed by atoms with van der Waals surface area (Å²) in [6.45, 7) is 0. The Morgan fingerprint density at radius 3 is 2.48 bits per heavy atom. The number of carboxylic acids is 1. The van der Waals surface area contributed by atoms with Gasteiger partial charge in [0.15, 0.2) is 0 Å². The van der Waals surface area contributed by atoms with Crippen LogP contribution < -0.4 is 10.5 Å². The predicted octanol–water partition coefficient (Wildman–Crippen LogP) is 4.86. The fraction of sp³-hybridized carbons (Fsp3) is 0.368. The van der Waals surface area contributed by atoms with Gasteiger partial charge in [-0.15, -0.1) is 0 Å². The number of nitrogens with zero attached hydrogens (tertiary/aromatic N) is 1. The smallest absolute Gasteiger partial charge is 0.423 e. The van der Waals surface area contributed by atoms with Gasteiger partial charge in [0.2, 0.25) is 5.60 Å². The summed E-state index contributed by atoms with van der Waals surface area (Å²) in [6, 6.07) is 5.66. The van der Waals surface area contributed by atoms with E-state index in [1.54, 1.807) is 0 Å². The van der Waals surface area contributed by atoms with Gasteiger partial charge in [0.1, 0.15) is 17.5 Å². The molecule has 0 amide bonds. The standard InChI is InChI=1S/C19H19Cl2F3N2O4S/c20-11-1-3-15(13(21)9-11)30-12-2-4-16(26-10-12)18(29,19(22,23)24)6-8-31-7-5-14(25)17(27)28/h1-4,9-10,14,29H,5-8,25H2,(H,27,28). The molecule has 0 fully saturated rings. The van der Waals surface area contributed by atoms with Crippen LogP contribution in [-0.2, 0) is 10.4 Å². The minimum Gasteiger partial charge on any atom is -0.480 e. The summed E-state index contributed by atoms with van der Waals surface area (Å²) in [5.41, 5.74) is 1.59. The molecule has 2 unspecified atom stereocenters. The van der Waals surface area contributed by atoms with E-state index >= 15 is 0 Å². The number of alkyl halides is 3. The Hall–Kier alpha value is -1.72. The molecule has 1 aromatic carbocycles. The maximum absolute atomic E-state index is 13.6. The molecule has 4 N–H and O–H groups in total. The minimum atomic E-state index is -4.97. The first-order valence-corrected chi connectivity index (χ1v) is 10.8. The lowest BCUT2D eigenvalue weighted by Crippen LogP contribution is -2.43. The largest absolute Gasteiger partial charge is 0.480 e. The second-order valence-corrected chi connectivity index (χ2v) is 8.58. The average molecular weight is 499 g/mol. The fourth-order valence-electron chi connectivity index (χ4n) is 2.44. The number of rotatable bonds is 10. The van der Waals surface area contributed by atoms with Gasteiger partial charge in [0, 0.05) is 5.02 Å². The molecule has 31 heavy (non-hydrogen) atoms. The number of halogens is 5. The van der Waals surface area contributed by atoms with Crippen LogP contribution in [-0.4, -0.2) is 44.9 Å². The van der Waals surface area contributed by atoms with Crippen molar-refractivity contribution in [2.24, 2.45) is 5.73 Å². The number of carbonyl (C=O) groups is 1. The second-order valence-electron chi connectivity index (χ2n) is 6.51. The van der Waals surface area contributed by atoms with Crippen LogP contribution in [0.4, 0.5) is 13.2 Å². The topological polar surface area (TPSA) is 106 Å². The molecule has 2 aromatic rings. The van der Waals surface area contributed by atoms with E-state index in [9.17, 15) is 23.1 Å². The minimum absolute atomic E-state index is 0.0807. The summed E-state index contributed by atoms with van der Waals surface area (Å²) < 4.78 is 46.3. The molecule has 2 atom stereocenters. The summed E-state index contributed by atoms with van der Waals surface area (Å²) in [6.07, 6.45) is -4.49. The van der Waals surface area contributed by atoms with Crippen LogP contribution in [0.3, 0.4) is 0 Å². The Bertz CT molecular complexity index is 903. The van der Waals surface area contributed by atoms with E-state index in [0.717, 1.165) is 24.0 Å². The molecule has 1 aromatic heterocycles. The van der Waals surface area contributed by atoms with Crippen molar-refractivity contribution in [2.75, 3.05) is 11.5 Å². The maximum Gasteiger partial charge on any atom is 0.423 e. The third-order valence-electron chi connectivity index (χ3n) is 4.25. The van der Waals surface area contributed by atoms with E-state index in [4.69, 9.17) is 38.8 Å². The average Bonchev–Trinajstić information content (AvgIpc) is 2.69. The molecule has 6 nitrogen and oxygen atoms in total. The highest BCUT2D eigenvalue weighted by Gasteiger charge is 2.55. The Labute approximate surface area is 190 Å². The lowest BCUT2D eigenvalue weighted by molar-refractivity contribution is -0.268. The van der Waals surface area contributed by atoms with Gasteiger partial charge >= 0.3 is 12.1 Å². The van der Waals surface area contributed by atoms with Crippen molar-refractivity contribution in [1.29, 1.82) is 0 Å². The van der Waals surface area contributed by atoms with Crippen LogP contribution >= 0.6 is 35.0 Å². The number of hydrogen-bond donors (Lipinski definition) is 3. The van der Waals surface area contributed by atoms with Gasteiger partial charge in [-0.3, -0.25) is 9.78 Å². The summed E-state index contributed by atoms with van der Waals surface area (Å²) in [5.74, 6) is -0.664. The van der Waals surface area contributed by atoms with Crippen molar-refractivity contribution < 1.29 is 32.9 Å². The number of hydrogen-bond acceptors (Lipinski definition) is 6. The summed E-state index contributed by atoms with van der Waals surface area (Å²) in [7, 11) is 0. The zero-order valence-electron chi connectivity index (χ0n) is 15.9. The molecule has 0 spiro atoms. The molecule has 0 saturated heterocycles. The molecule has 2 rings (SSSR count). The zero-order valence-corrected chi connectivity index (χ0v) is 18.2. The van der Waals surface area contributed by atoms with E-state index < -0.39 is 35.9 Å². The number of thioether (sulfide) groups is 1. The predicted molar refractivity (Wildman–Crippen MR) is 113 cm³/mol. The lowest BCUT2D eigenvalue weighted by atomic mass is 9.95. The molecule has 0 radical (unpaired) electrons. The number of benzene rings is 1. The van der Waals surface area contributed by atoms with Crippen molar-refractivity contribution in [1.82, 2.24) is 4.98 Å². The molecule has 170 valence electrons. The summed E-state index contributed by atoms with van der Waals surface area (Å²) >= 11 is 12.9. The maximum atomic E-state index is 13.6. The highest BCUT2D eigenvalue weighted by Crippen LogP contribution is 2.42. The number of carboxylic acid groups (broad SMARTS) is 1. The van der Waals surface area contributed by atoms with Gasteiger partial charge in [0.25, 0.3) is 0 Å². The van der Waals surface area contributed by atoms with Gasteiger partial charge in [-0.1, -0.05) is 23.2 Å². The van der Waals surface area contributed by atoms with Crippen LogP contribution in [0.25, 0.3) is 0 Å². The van der Waals surface area contributed by atoms with Crippen LogP contribution in [0.2, 0.25) is 10.0 Å². The zero-order chi connectivity index (χ0) is 23.2. The van der Waals surface area contributed by atoms with Gasteiger partial charge in [0.05, 0.1) is 16.9 Å². The molecule has 1 heterocycles. The number of pyridine rings is 1. The highest BCUT2D eigenvalue weighted by atomic mass is 35.5. The van der Waals surface area contributed by atoms with E-state index in [1.807, 2.05) is 0 Å². The van der Waals surface area contributed by atoms with Crippen molar-refractivity contribution >= 4 is 40.9 Å². The van der Waals surface area contributed by atoms with Crippen molar-refractivity contribution in [2.45, 2.75) is 30.7 Å². The quantitative estimate of drug-likeness (QED) is 0.401. The molecule has 0 aliphatic rings. The molecule has 12 heteroatoms. The fourth-order valence-corrected chi connectivity index (χ4v) is 3.95. The van der Waals surface area contributed by atoms with Gasteiger partial charge in [-0.2, -0.15) is 24.9 Å². The number of aliphatic carboxylic acids is 1. The van der Waals surface area contributed by atoms with E-state index in [1.165, 1.54) is 24.3 Å². The van der Waals surface area contributed by atoms with E-state index in [-0.39, 0.29) is 34.4 Å². The third kappa shape index (κ3) is 6.88. The van der Waals surface area contributed by atoms with Gasteiger partial charge in [-0.05, 0) is 54.7 Å². The first-order chi connectivity index (χ1) is 14.4. The Balaban J connectivity index is 2.06. The normalized spacial score (nSPS) is 14.7. The van der Waals surface area contributed by atoms with Gasteiger partial charge in [-0.25, -0.2) is 0 Å². The number of aliphatic hydroxyl groups is 1. The molecule has 0 aliphatic carbocycles. The van der Waals surface area contributed by atoms with Crippen LogP contribution in [0.1, 0.15) is 18.5 Å². The van der Waals surface area contributed by atoms with Crippen LogP contribution in [0, 0.1) is 0 Å². The van der Waals surface area contributed by atoms with Crippen LogP contribution in [0.15, 0.2) is 36.5 Å². The lowest BCUT2D eigenvalue weighted by Gasteiger charge is -2.30. The molecular weight excluding hydrogens is 480 g/mol. The van der Waals surface area contributed by atoms with E-state index in [0.29, 0.717) is 5.02 Å². The molecular formula is C19H19Cl2F3N2O4S. The highest BCUT2D eigenvalue weighted by molar-refractivity contribution is 7.99. The molecule has 0 bridgehead atoms. The molecule has 0 saturated carbocycles. The summed E-state index contributed by atoms with van der Waals surface area (Å²) in [5, 5.41) is 19.7. The SMILES string of the molecule is NC(CCSCCC(O)(c1ccc(Oc2ccc(Cl)cc2Cl)cn1)C(F)(F)F)C(=O)O. The Morgan fingerprint density at radius 1 is 1.23 bits per heavy atom. The van der Waals surface area contributed by atoms with Crippen molar-refractivity contribution in [3.8, 4) is 11.5 Å². The first kappa shape index (κ1) is 25.5.